The highest BCUT2D eigenvalue weighted by Gasteiger charge is 1.97. The van der Waals surface area contributed by atoms with Gasteiger partial charge in [-0.25, -0.2) is 0 Å². The molecule has 1 aromatic rings. The van der Waals surface area contributed by atoms with E-state index in [1.54, 1.807) is 25.3 Å². The average molecular weight is 166 g/mol. The number of anilines is 1. The molecule has 0 aliphatic rings. The van der Waals surface area contributed by atoms with Crippen molar-refractivity contribution in [1.82, 2.24) is 0 Å². The first kappa shape index (κ1) is 8.39. The zero-order chi connectivity index (χ0) is 8.97. The van der Waals surface area contributed by atoms with E-state index in [4.69, 9.17) is 15.7 Å². The van der Waals surface area contributed by atoms with Gasteiger partial charge in [0.05, 0.1) is 13.3 Å². The number of nitrogen functional groups attached to an aromatic ring is 1. The zero-order valence-electron chi connectivity index (χ0n) is 6.69. The fraction of sp³-hybridized carbons (Fsp3) is 0.125. The van der Waals surface area contributed by atoms with Gasteiger partial charge in [0.15, 0.2) is 0 Å². The molecule has 64 valence electrons. The number of rotatable bonds is 2. The molecule has 4 heteroatoms. The molecule has 0 amide bonds. The van der Waals surface area contributed by atoms with Crippen LogP contribution in [-0.2, 0) is 0 Å². The van der Waals surface area contributed by atoms with Crippen LogP contribution >= 0.6 is 0 Å². The molecule has 0 bridgehead atoms. The SMILES string of the molecule is COc1ccc(/C=N/O)c(N)c1. The summed E-state index contributed by atoms with van der Waals surface area (Å²) in [4.78, 5) is 0. The van der Waals surface area contributed by atoms with E-state index in [1.165, 1.54) is 6.21 Å². The van der Waals surface area contributed by atoms with E-state index in [1.807, 2.05) is 0 Å². The molecule has 12 heavy (non-hydrogen) atoms. The minimum atomic E-state index is 0.521. The first-order valence-electron chi connectivity index (χ1n) is 3.39. The Hall–Kier alpha value is -1.71. The van der Waals surface area contributed by atoms with E-state index >= 15 is 0 Å². The highest BCUT2D eigenvalue weighted by molar-refractivity contribution is 5.86. The van der Waals surface area contributed by atoms with Gasteiger partial charge in [0.1, 0.15) is 5.75 Å². The van der Waals surface area contributed by atoms with E-state index in [9.17, 15) is 0 Å². The predicted molar refractivity (Wildman–Crippen MR) is 46.8 cm³/mol. The minimum Gasteiger partial charge on any atom is -0.497 e. The van der Waals surface area contributed by atoms with Crippen molar-refractivity contribution >= 4 is 11.9 Å². The second-order valence-electron chi connectivity index (χ2n) is 2.24. The van der Waals surface area contributed by atoms with Crippen LogP contribution in [0.4, 0.5) is 5.69 Å². The molecule has 0 spiro atoms. The van der Waals surface area contributed by atoms with Crippen molar-refractivity contribution in [2.45, 2.75) is 0 Å². The van der Waals surface area contributed by atoms with Gasteiger partial charge in [-0.05, 0) is 12.1 Å². The second-order valence-corrected chi connectivity index (χ2v) is 2.24. The second kappa shape index (κ2) is 3.61. The predicted octanol–water partition coefficient (Wildman–Crippen LogP) is 1.09. The highest BCUT2D eigenvalue weighted by atomic mass is 16.5. The van der Waals surface area contributed by atoms with Gasteiger partial charge in [-0.3, -0.25) is 0 Å². The molecule has 4 nitrogen and oxygen atoms in total. The van der Waals surface area contributed by atoms with Gasteiger partial charge in [0.2, 0.25) is 0 Å². The maximum absolute atomic E-state index is 8.25. The standard InChI is InChI=1S/C8H10N2O2/c1-12-7-3-2-6(5-10-11)8(9)4-7/h2-5,11H,9H2,1H3/b10-5+. The number of benzene rings is 1. The summed E-state index contributed by atoms with van der Waals surface area (Å²) in [6.45, 7) is 0. The fourth-order valence-electron chi connectivity index (χ4n) is 0.860. The van der Waals surface area contributed by atoms with Crippen LogP contribution in [0, 0.1) is 0 Å². The number of hydrogen-bond acceptors (Lipinski definition) is 4. The molecule has 0 radical (unpaired) electrons. The molecular formula is C8H10N2O2. The first-order chi connectivity index (χ1) is 5.77. The minimum absolute atomic E-state index is 0.521. The maximum atomic E-state index is 8.25. The summed E-state index contributed by atoms with van der Waals surface area (Å²) in [5, 5.41) is 11.1. The smallest absolute Gasteiger partial charge is 0.120 e. The Labute approximate surface area is 70.3 Å². The number of nitrogens with zero attached hydrogens (tertiary/aromatic N) is 1. The largest absolute Gasteiger partial charge is 0.497 e. The van der Waals surface area contributed by atoms with Crippen molar-refractivity contribution in [1.29, 1.82) is 0 Å². The third-order valence-corrected chi connectivity index (χ3v) is 1.49. The van der Waals surface area contributed by atoms with E-state index in [2.05, 4.69) is 5.16 Å². The highest BCUT2D eigenvalue weighted by Crippen LogP contribution is 2.17. The molecule has 0 aliphatic carbocycles. The van der Waals surface area contributed by atoms with Gasteiger partial charge in [0.25, 0.3) is 0 Å². The number of oxime groups is 1. The number of ether oxygens (including phenoxy) is 1. The van der Waals surface area contributed by atoms with Crippen LogP contribution in [0.2, 0.25) is 0 Å². The molecule has 0 heterocycles. The molecule has 0 saturated carbocycles. The molecular weight excluding hydrogens is 156 g/mol. The Morgan fingerprint density at radius 2 is 2.33 bits per heavy atom. The van der Waals surface area contributed by atoms with Crippen molar-refractivity contribution in [3.05, 3.63) is 23.8 Å². The molecule has 0 fully saturated rings. The fourth-order valence-corrected chi connectivity index (χ4v) is 0.860. The van der Waals surface area contributed by atoms with Crippen LogP contribution < -0.4 is 10.5 Å². The van der Waals surface area contributed by atoms with Crippen molar-refractivity contribution in [2.75, 3.05) is 12.8 Å². The van der Waals surface area contributed by atoms with Gasteiger partial charge in [-0.15, -0.1) is 0 Å². The van der Waals surface area contributed by atoms with Gasteiger partial charge in [0, 0.05) is 17.3 Å². The van der Waals surface area contributed by atoms with Gasteiger partial charge >= 0.3 is 0 Å². The molecule has 1 aromatic carbocycles. The van der Waals surface area contributed by atoms with Crippen molar-refractivity contribution < 1.29 is 9.94 Å². The van der Waals surface area contributed by atoms with Crippen LogP contribution in [0.25, 0.3) is 0 Å². The summed E-state index contributed by atoms with van der Waals surface area (Å²) in [5.74, 6) is 0.683. The Morgan fingerprint density at radius 1 is 1.58 bits per heavy atom. The molecule has 0 saturated heterocycles. The van der Waals surface area contributed by atoms with Gasteiger partial charge < -0.3 is 15.7 Å². The van der Waals surface area contributed by atoms with Crippen molar-refractivity contribution in [3.8, 4) is 5.75 Å². The van der Waals surface area contributed by atoms with Crippen LogP contribution in [0.1, 0.15) is 5.56 Å². The Balaban J connectivity index is 3.03. The van der Waals surface area contributed by atoms with Crippen LogP contribution in [0.5, 0.6) is 5.75 Å². The lowest BCUT2D eigenvalue weighted by Crippen LogP contribution is -1.94. The van der Waals surface area contributed by atoms with Gasteiger partial charge in [-0.1, -0.05) is 5.16 Å². The summed E-state index contributed by atoms with van der Waals surface area (Å²) in [6, 6.07) is 5.12. The van der Waals surface area contributed by atoms with Crippen LogP contribution in [0.3, 0.4) is 0 Å². The number of nitrogens with two attached hydrogens (primary N) is 1. The third kappa shape index (κ3) is 1.66. The summed E-state index contributed by atoms with van der Waals surface area (Å²) in [7, 11) is 1.56. The topological polar surface area (TPSA) is 67.8 Å². The quantitative estimate of drug-likeness (QED) is 0.299. The molecule has 1 rings (SSSR count). The normalized spacial score (nSPS) is 10.4. The Morgan fingerprint density at radius 3 is 2.83 bits per heavy atom. The lowest BCUT2D eigenvalue weighted by molar-refractivity contribution is 0.322. The Bertz CT molecular complexity index is 297. The molecule has 0 aromatic heterocycles. The van der Waals surface area contributed by atoms with Crippen LogP contribution in [0.15, 0.2) is 23.4 Å². The third-order valence-electron chi connectivity index (χ3n) is 1.49. The monoisotopic (exact) mass is 166 g/mol. The first-order valence-corrected chi connectivity index (χ1v) is 3.39. The van der Waals surface area contributed by atoms with E-state index in [0.29, 0.717) is 17.0 Å². The van der Waals surface area contributed by atoms with E-state index < -0.39 is 0 Å². The average Bonchev–Trinajstić information content (AvgIpc) is 2.09. The lowest BCUT2D eigenvalue weighted by atomic mass is 10.2. The zero-order valence-corrected chi connectivity index (χ0v) is 6.69. The Kier molecular flexibility index (Phi) is 2.53. The molecule has 3 N–H and O–H groups in total. The number of methoxy groups -OCH3 is 1. The lowest BCUT2D eigenvalue weighted by Gasteiger charge is -2.02. The van der Waals surface area contributed by atoms with Crippen molar-refractivity contribution in [2.24, 2.45) is 5.16 Å². The summed E-state index contributed by atoms with van der Waals surface area (Å²) in [6.07, 6.45) is 1.27. The maximum Gasteiger partial charge on any atom is 0.120 e. The van der Waals surface area contributed by atoms with Gasteiger partial charge in [-0.2, -0.15) is 0 Å². The molecule has 0 atom stereocenters. The van der Waals surface area contributed by atoms with Crippen LogP contribution in [-0.4, -0.2) is 18.5 Å². The molecule has 0 aliphatic heterocycles. The van der Waals surface area contributed by atoms with Crippen molar-refractivity contribution in [3.63, 3.8) is 0 Å². The summed E-state index contributed by atoms with van der Waals surface area (Å²) in [5.41, 5.74) is 6.79. The summed E-state index contributed by atoms with van der Waals surface area (Å²) < 4.78 is 4.94. The number of hydrogen-bond donors (Lipinski definition) is 2. The molecule has 0 unspecified atom stereocenters. The van der Waals surface area contributed by atoms with E-state index in [-0.39, 0.29) is 0 Å². The van der Waals surface area contributed by atoms with E-state index in [0.717, 1.165) is 0 Å². The summed E-state index contributed by atoms with van der Waals surface area (Å²) >= 11 is 0.